The first-order chi connectivity index (χ1) is 8.69. The summed E-state index contributed by atoms with van der Waals surface area (Å²) in [6.07, 6.45) is 2.49. The number of piperidine rings is 1. The molecular weight excluding hydrogens is 224 g/mol. The third kappa shape index (κ3) is 3.47. The predicted molar refractivity (Wildman–Crippen MR) is 75.1 cm³/mol. The highest BCUT2D eigenvalue weighted by molar-refractivity contribution is 5.28. The molecule has 0 bridgehead atoms. The number of rotatable bonds is 4. The van der Waals surface area contributed by atoms with Crippen molar-refractivity contribution in [2.45, 2.75) is 31.8 Å². The highest BCUT2D eigenvalue weighted by Crippen LogP contribution is 2.19. The summed E-state index contributed by atoms with van der Waals surface area (Å²) in [5.41, 5.74) is 1.33. The average Bonchev–Trinajstić information content (AvgIpc) is 2.41. The van der Waals surface area contributed by atoms with Gasteiger partial charge in [-0.3, -0.25) is 0 Å². The summed E-state index contributed by atoms with van der Waals surface area (Å²) < 4.78 is 5.18. The molecule has 1 atom stereocenters. The lowest BCUT2D eigenvalue weighted by Gasteiger charge is -2.31. The number of hydrogen-bond donors (Lipinski definition) is 1. The van der Waals surface area contributed by atoms with E-state index in [-0.39, 0.29) is 0 Å². The molecule has 100 valence electrons. The number of ether oxygens (including phenoxy) is 1. The van der Waals surface area contributed by atoms with Gasteiger partial charge in [0.1, 0.15) is 5.75 Å². The van der Waals surface area contributed by atoms with Gasteiger partial charge in [0.25, 0.3) is 0 Å². The molecular formula is C15H24N2O. The molecule has 0 saturated carbocycles. The molecule has 0 amide bonds. The first-order valence-electron chi connectivity index (χ1n) is 6.77. The molecule has 18 heavy (non-hydrogen) atoms. The van der Waals surface area contributed by atoms with Crippen LogP contribution in [-0.2, 0) is 0 Å². The number of nitrogens with one attached hydrogen (secondary N) is 1. The molecule has 1 heterocycles. The van der Waals surface area contributed by atoms with Crippen LogP contribution in [0.3, 0.4) is 0 Å². The van der Waals surface area contributed by atoms with Crippen LogP contribution >= 0.6 is 0 Å². The predicted octanol–water partition coefficient (Wildman–Crippen LogP) is 2.44. The van der Waals surface area contributed by atoms with Crippen molar-refractivity contribution in [3.63, 3.8) is 0 Å². The topological polar surface area (TPSA) is 24.5 Å². The van der Waals surface area contributed by atoms with Crippen LogP contribution in [0.2, 0.25) is 0 Å². The van der Waals surface area contributed by atoms with Gasteiger partial charge in [-0.05, 0) is 57.6 Å². The zero-order valence-electron chi connectivity index (χ0n) is 11.6. The monoisotopic (exact) mass is 248 g/mol. The number of likely N-dealkylation sites (tertiary alicyclic amines) is 1. The van der Waals surface area contributed by atoms with Crippen molar-refractivity contribution in [2.24, 2.45) is 0 Å². The zero-order chi connectivity index (χ0) is 13.0. The van der Waals surface area contributed by atoms with Crippen molar-refractivity contribution >= 4 is 0 Å². The molecule has 3 nitrogen and oxygen atoms in total. The molecule has 1 aromatic rings. The van der Waals surface area contributed by atoms with Gasteiger partial charge in [0.15, 0.2) is 0 Å². The zero-order valence-corrected chi connectivity index (χ0v) is 11.6. The van der Waals surface area contributed by atoms with E-state index in [1.54, 1.807) is 7.11 Å². The van der Waals surface area contributed by atoms with Crippen molar-refractivity contribution in [2.75, 3.05) is 27.2 Å². The van der Waals surface area contributed by atoms with Crippen LogP contribution in [0.15, 0.2) is 24.3 Å². The molecule has 0 aliphatic carbocycles. The van der Waals surface area contributed by atoms with Crippen molar-refractivity contribution in [1.29, 1.82) is 0 Å². The fourth-order valence-electron chi connectivity index (χ4n) is 2.52. The van der Waals surface area contributed by atoms with Crippen molar-refractivity contribution in [3.05, 3.63) is 29.8 Å². The maximum Gasteiger partial charge on any atom is 0.118 e. The van der Waals surface area contributed by atoms with Crippen LogP contribution < -0.4 is 10.1 Å². The normalized spacial score (nSPS) is 19.7. The second-order valence-corrected chi connectivity index (χ2v) is 5.24. The largest absolute Gasteiger partial charge is 0.497 e. The first-order valence-corrected chi connectivity index (χ1v) is 6.77. The van der Waals surface area contributed by atoms with Crippen LogP contribution in [0, 0.1) is 0 Å². The Hall–Kier alpha value is -1.06. The number of benzene rings is 1. The summed E-state index contributed by atoms with van der Waals surface area (Å²) in [5.74, 6) is 0.922. The molecule has 1 saturated heterocycles. The Kier molecular flexibility index (Phi) is 4.61. The molecule has 1 N–H and O–H groups in total. The lowest BCUT2D eigenvalue weighted by Crippen LogP contribution is -2.41. The summed E-state index contributed by atoms with van der Waals surface area (Å²) in [6.45, 7) is 4.64. The SMILES string of the molecule is COc1ccc([C@H](C)NC2CCN(C)CC2)cc1. The Bertz CT molecular complexity index is 355. The Morgan fingerprint density at radius 2 is 1.83 bits per heavy atom. The van der Waals surface area contributed by atoms with Gasteiger partial charge in [0.05, 0.1) is 7.11 Å². The van der Waals surface area contributed by atoms with Gasteiger partial charge >= 0.3 is 0 Å². The third-order valence-electron chi connectivity index (χ3n) is 3.82. The molecule has 1 aromatic carbocycles. The lowest BCUT2D eigenvalue weighted by atomic mass is 10.0. The standard InChI is InChI=1S/C15H24N2O/c1-12(13-4-6-15(18-3)7-5-13)16-14-8-10-17(2)11-9-14/h4-7,12,14,16H,8-11H2,1-3H3/t12-/m0/s1. The van der Waals surface area contributed by atoms with Gasteiger partial charge in [0, 0.05) is 12.1 Å². The van der Waals surface area contributed by atoms with E-state index in [0.717, 1.165) is 5.75 Å². The van der Waals surface area contributed by atoms with E-state index in [2.05, 4.69) is 36.3 Å². The second-order valence-electron chi connectivity index (χ2n) is 5.24. The van der Waals surface area contributed by atoms with Crippen LogP contribution in [0.5, 0.6) is 5.75 Å². The maximum atomic E-state index is 5.18. The van der Waals surface area contributed by atoms with Crippen molar-refractivity contribution < 1.29 is 4.74 Å². The first kappa shape index (κ1) is 13.4. The number of nitrogens with zero attached hydrogens (tertiary/aromatic N) is 1. The van der Waals surface area contributed by atoms with Crippen LogP contribution in [0.1, 0.15) is 31.4 Å². The second kappa shape index (κ2) is 6.21. The summed E-state index contributed by atoms with van der Waals surface area (Å²) in [5, 5.41) is 3.73. The summed E-state index contributed by atoms with van der Waals surface area (Å²) >= 11 is 0. The van der Waals surface area contributed by atoms with Gasteiger partial charge in [-0.15, -0.1) is 0 Å². The van der Waals surface area contributed by atoms with E-state index in [1.807, 2.05) is 12.1 Å². The highest BCUT2D eigenvalue weighted by Gasteiger charge is 2.18. The molecule has 1 aliphatic rings. The number of methoxy groups -OCH3 is 1. The fraction of sp³-hybridized carbons (Fsp3) is 0.600. The summed E-state index contributed by atoms with van der Waals surface area (Å²) in [6, 6.07) is 9.41. The quantitative estimate of drug-likeness (QED) is 0.885. The van der Waals surface area contributed by atoms with Crippen molar-refractivity contribution in [1.82, 2.24) is 10.2 Å². The van der Waals surface area contributed by atoms with E-state index in [4.69, 9.17) is 4.74 Å². The maximum absolute atomic E-state index is 5.18. The van der Waals surface area contributed by atoms with Crippen LogP contribution in [-0.4, -0.2) is 38.2 Å². The Morgan fingerprint density at radius 3 is 2.39 bits per heavy atom. The molecule has 3 heteroatoms. The van der Waals surface area contributed by atoms with Gasteiger partial charge in [-0.1, -0.05) is 12.1 Å². The summed E-state index contributed by atoms with van der Waals surface area (Å²) in [7, 11) is 3.90. The Balaban J connectivity index is 1.88. The number of hydrogen-bond acceptors (Lipinski definition) is 3. The van der Waals surface area contributed by atoms with Gasteiger partial charge < -0.3 is 15.0 Å². The Morgan fingerprint density at radius 1 is 1.22 bits per heavy atom. The Labute approximate surface area is 110 Å². The van der Waals surface area contributed by atoms with E-state index < -0.39 is 0 Å². The minimum absolute atomic E-state index is 0.407. The van der Waals surface area contributed by atoms with Gasteiger partial charge in [-0.2, -0.15) is 0 Å². The van der Waals surface area contributed by atoms with Crippen LogP contribution in [0.4, 0.5) is 0 Å². The summed E-state index contributed by atoms with van der Waals surface area (Å²) in [4.78, 5) is 2.40. The highest BCUT2D eigenvalue weighted by atomic mass is 16.5. The van der Waals surface area contributed by atoms with E-state index >= 15 is 0 Å². The van der Waals surface area contributed by atoms with Gasteiger partial charge in [-0.25, -0.2) is 0 Å². The molecule has 0 radical (unpaired) electrons. The molecule has 1 aliphatic heterocycles. The fourth-order valence-corrected chi connectivity index (χ4v) is 2.52. The molecule has 0 aromatic heterocycles. The van der Waals surface area contributed by atoms with Gasteiger partial charge in [0.2, 0.25) is 0 Å². The van der Waals surface area contributed by atoms with E-state index in [0.29, 0.717) is 12.1 Å². The molecule has 2 rings (SSSR count). The minimum Gasteiger partial charge on any atom is -0.497 e. The molecule has 0 unspecified atom stereocenters. The molecule has 0 spiro atoms. The average molecular weight is 248 g/mol. The van der Waals surface area contributed by atoms with E-state index in [1.165, 1.54) is 31.5 Å². The third-order valence-corrected chi connectivity index (χ3v) is 3.82. The van der Waals surface area contributed by atoms with Crippen molar-refractivity contribution in [3.8, 4) is 5.75 Å². The molecule has 1 fully saturated rings. The smallest absolute Gasteiger partial charge is 0.118 e. The lowest BCUT2D eigenvalue weighted by molar-refractivity contribution is 0.226. The van der Waals surface area contributed by atoms with E-state index in [9.17, 15) is 0 Å². The minimum atomic E-state index is 0.407. The van der Waals surface area contributed by atoms with Crippen LogP contribution in [0.25, 0.3) is 0 Å².